The molecule has 1 N–H and O–H groups in total. The smallest absolute Gasteiger partial charge is 0.452 e. The van der Waals surface area contributed by atoms with Crippen LogP contribution in [0.1, 0.15) is 10.4 Å². The van der Waals surface area contributed by atoms with E-state index in [9.17, 15) is 26.8 Å². The van der Waals surface area contributed by atoms with E-state index >= 15 is 0 Å². The van der Waals surface area contributed by atoms with Gasteiger partial charge in [-0.25, -0.2) is 13.2 Å². The zero-order valence-electron chi connectivity index (χ0n) is 14.6. The molecule has 12 heteroatoms. The number of benzene rings is 2. The monoisotopic (exact) mass is 447 g/mol. The first-order chi connectivity index (χ1) is 13.4. The number of hydrogen-bond acceptors (Lipinski definition) is 7. The third kappa shape index (κ3) is 4.93. The van der Waals surface area contributed by atoms with Crippen LogP contribution in [0.4, 0.5) is 14.5 Å². The molecule has 2 aromatic carbocycles. The van der Waals surface area contributed by atoms with Crippen LogP contribution < -0.4 is 14.8 Å². The van der Waals surface area contributed by atoms with Gasteiger partial charge in [0.2, 0.25) is 0 Å². The van der Waals surface area contributed by atoms with E-state index in [1.807, 2.05) is 0 Å². The quantitative estimate of drug-likeness (QED) is 0.702. The minimum absolute atomic E-state index is 0.0560. The summed E-state index contributed by atoms with van der Waals surface area (Å²) in [7, 11) is -3.58. The number of rotatable bonds is 5. The average Bonchev–Trinajstić information content (AvgIpc) is 2.92. The van der Waals surface area contributed by atoms with Crippen molar-refractivity contribution in [3.8, 4) is 11.5 Å². The van der Waals surface area contributed by atoms with Gasteiger partial charge in [0.25, 0.3) is 5.91 Å². The van der Waals surface area contributed by atoms with Crippen LogP contribution in [0.15, 0.2) is 41.3 Å². The molecule has 1 aliphatic rings. The number of halogens is 3. The second kappa shape index (κ2) is 7.48. The molecule has 2 aromatic rings. The summed E-state index contributed by atoms with van der Waals surface area (Å²) >= 11 is 5.88. The van der Waals surface area contributed by atoms with E-state index in [1.165, 1.54) is 24.3 Å². The number of carbonyl (C=O) groups excluding carboxylic acids is 2. The summed E-state index contributed by atoms with van der Waals surface area (Å²) in [6, 6.07) is 7.06. The largest absolute Gasteiger partial charge is 0.586 e. The van der Waals surface area contributed by atoms with Gasteiger partial charge in [-0.05, 0) is 30.3 Å². The predicted octanol–water partition coefficient (Wildman–Crippen LogP) is 2.86. The van der Waals surface area contributed by atoms with E-state index in [0.717, 1.165) is 18.4 Å². The van der Waals surface area contributed by atoms with Crippen LogP contribution in [-0.4, -0.2) is 39.5 Å². The van der Waals surface area contributed by atoms with Gasteiger partial charge < -0.3 is 19.5 Å². The number of nitrogens with one attached hydrogen (secondary N) is 1. The van der Waals surface area contributed by atoms with Crippen molar-refractivity contribution in [2.75, 3.05) is 18.2 Å². The lowest BCUT2D eigenvalue weighted by molar-refractivity contribution is -0.286. The Morgan fingerprint density at radius 1 is 1.14 bits per heavy atom. The Morgan fingerprint density at radius 2 is 1.83 bits per heavy atom. The van der Waals surface area contributed by atoms with Gasteiger partial charge in [0.1, 0.15) is 0 Å². The van der Waals surface area contributed by atoms with E-state index in [-0.39, 0.29) is 32.7 Å². The maximum Gasteiger partial charge on any atom is 0.586 e. The van der Waals surface area contributed by atoms with Crippen LogP contribution in [0, 0.1) is 0 Å². The van der Waals surface area contributed by atoms with Gasteiger partial charge in [0.15, 0.2) is 27.9 Å². The number of amides is 1. The predicted molar refractivity (Wildman–Crippen MR) is 96.1 cm³/mol. The summed E-state index contributed by atoms with van der Waals surface area (Å²) in [6.45, 7) is -0.733. The molecule has 0 bridgehead atoms. The third-order valence-corrected chi connectivity index (χ3v) is 5.05. The van der Waals surface area contributed by atoms with Crippen molar-refractivity contribution < 1.29 is 41.0 Å². The number of fused-ring (bicyclic) bond motifs is 1. The standard InChI is InChI=1S/C17H12ClF2NO7S/c1-29(24,25)10-3-4-12(18)11(7-10)16(23)26-8-15(22)21-9-2-5-13-14(6-9)28-17(19,20)27-13/h2-7H,8H2,1H3,(H,21,22). The highest BCUT2D eigenvalue weighted by molar-refractivity contribution is 7.90. The Bertz CT molecular complexity index is 1100. The fraction of sp³-hybridized carbons (Fsp3) is 0.176. The molecule has 0 spiro atoms. The molecule has 0 saturated heterocycles. The topological polar surface area (TPSA) is 108 Å². The van der Waals surface area contributed by atoms with Crippen LogP contribution in [0.3, 0.4) is 0 Å². The van der Waals surface area contributed by atoms with Crippen LogP contribution in [0.25, 0.3) is 0 Å². The molecule has 0 saturated carbocycles. The number of hydrogen-bond donors (Lipinski definition) is 1. The van der Waals surface area contributed by atoms with E-state index in [4.69, 9.17) is 16.3 Å². The Kier molecular flexibility index (Phi) is 5.37. The summed E-state index contributed by atoms with van der Waals surface area (Å²) in [5.41, 5.74) is -0.129. The molecule has 0 fully saturated rings. The van der Waals surface area contributed by atoms with E-state index in [0.29, 0.717) is 0 Å². The lowest BCUT2D eigenvalue weighted by atomic mass is 10.2. The Labute approximate surface area is 168 Å². The zero-order chi connectivity index (χ0) is 21.4. The van der Waals surface area contributed by atoms with Crippen LogP contribution in [-0.2, 0) is 19.4 Å². The number of alkyl halides is 2. The van der Waals surface area contributed by atoms with E-state index in [1.54, 1.807) is 0 Å². The van der Waals surface area contributed by atoms with Gasteiger partial charge in [0, 0.05) is 18.0 Å². The number of ether oxygens (including phenoxy) is 3. The Morgan fingerprint density at radius 3 is 2.52 bits per heavy atom. The molecule has 8 nitrogen and oxygen atoms in total. The van der Waals surface area contributed by atoms with Crippen molar-refractivity contribution in [1.29, 1.82) is 0 Å². The molecule has 1 aliphatic heterocycles. The summed E-state index contributed by atoms with van der Waals surface area (Å²) in [5.74, 6) is -2.26. The fourth-order valence-electron chi connectivity index (χ4n) is 2.32. The molecule has 1 heterocycles. The minimum atomic E-state index is -3.79. The summed E-state index contributed by atoms with van der Waals surface area (Å²) in [5, 5.41) is 2.27. The average molecular weight is 448 g/mol. The second-order valence-electron chi connectivity index (χ2n) is 5.87. The Balaban J connectivity index is 1.63. The second-order valence-corrected chi connectivity index (χ2v) is 8.29. The van der Waals surface area contributed by atoms with Gasteiger partial charge in [-0.15, -0.1) is 8.78 Å². The van der Waals surface area contributed by atoms with Crippen molar-refractivity contribution in [3.63, 3.8) is 0 Å². The molecule has 3 rings (SSSR count). The van der Waals surface area contributed by atoms with Crippen molar-refractivity contribution in [1.82, 2.24) is 0 Å². The minimum Gasteiger partial charge on any atom is -0.452 e. The maximum absolute atomic E-state index is 13.0. The number of esters is 1. The molecule has 29 heavy (non-hydrogen) atoms. The van der Waals surface area contributed by atoms with Gasteiger partial charge in [0.05, 0.1) is 15.5 Å². The van der Waals surface area contributed by atoms with Crippen molar-refractivity contribution in [2.45, 2.75) is 11.2 Å². The molecule has 0 aromatic heterocycles. The highest BCUT2D eigenvalue weighted by atomic mass is 35.5. The van der Waals surface area contributed by atoms with Crippen LogP contribution in [0.5, 0.6) is 11.5 Å². The number of anilines is 1. The molecule has 0 unspecified atom stereocenters. The van der Waals surface area contributed by atoms with Gasteiger partial charge >= 0.3 is 12.3 Å². The van der Waals surface area contributed by atoms with Gasteiger partial charge in [-0.3, -0.25) is 4.79 Å². The highest BCUT2D eigenvalue weighted by Gasteiger charge is 2.43. The summed E-state index contributed by atoms with van der Waals surface area (Å²) in [6.07, 6.45) is -2.83. The van der Waals surface area contributed by atoms with Crippen molar-refractivity contribution >= 4 is 39.0 Å². The van der Waals surface area contributed by atoms with E-state index in [2.05, 4.69) is 14.8 Å². The first-order valence-corrected chi connectivity index (χ1v) is 10.1. The number of sulfone groups is 1. The highest BCUT2D eigenvalue weighted by Crippen LogP contribution is 2.42. The van der Waals surface area contributed by atoms with Crippen molar-refractivity contribution in [2.24, 2.45) is 0 Å². The third-order valence-electron chi connectivity index (χ3n) is 3.61. The SMILES string of the molecule is CS(=O)(=O)c1ccc(Cl)c(C(=O)OCC(=O)Nc2ccc3c(c2)OC(F)(F)O3)c1. The van der Waals surface area contributed by atoms with Gasteiger partial charge in [-0.1, -0.05) is 11.6 Å². The maximum atomic E-state index is 13.0. The fourth-order valence-corrected chi connectivity index (χ4v) is 3.17. The number of carbonyl (C=O) groups is 2. The lowest BCUT2D eigenvalue weighted by Crippen LogP contribution is -2.25. The molecular formula is C17H12ClF2NO7S. The zero-order valence-corrected chi connectivity index (χ0v) is 16.1. The van der Waals surface area contributed by atoms with Crippen LogP contribution >= 0.6 is 11.6 Å². The molecule has 154 valence electrons. The van der Waals surface area contributed by atoms with Crippen LogP contribution in [0.2, 0.25) is 5.02 Å². The molecular weight excluding hydrogens is 436 g/mol. The molecule has 0 aliphatic carbocycles. The molecule has 0 atom stereocenters. The lowest BCUT2D eigenvalue weighted by Gasteiger charge is -2.09. The normalized spacial score (nSPS) is 14.3. The summed E-state index contributed by atoms with van der Waals surface area (Å²) < 4.78 is 62.5. The summed E-state index contributed by atoms with van der Waals surface area (Å²) in [4.78, 5) is 23.9. The van der Waals surface area contributed by atoms with Crippen molar-refractivity contribution in [3.05, 3.63) is 47.0 Å². The molecule has 0 radical (unpaired) electrons. The first-order valence-electron chi connectivity index (χ1n) is 7.81. The molecule has 1 amide bonds. The van der Waals surface area contributed by atoms with Gasteiger partial charge in [-0.2, -0.15) is 0 Å². The van der Waals surface area contributed by atoms with E-state index < -0.39 is 34.6 Å². The first kappa shape index (κ1) is 20.8. The Hall–Kier alpha value is -2.92.